The van der Waals surface area contributed by atoms with E-state index in [1.54, 1.807) is 0 Å². The topological polar surface area (TPSA) is 6.48 Å². The van der Waals surface area contributed by atoms with Gasteiger partial charge in [-0.3, -0.25) is 9.80 Å². The molecular formula is C20H23F3N2. The van der Waals surface area contributed by atoms with Gasteiger partial charge in [0.15, 0.2) is 0 Å². The van der Waals surface area contributed by atoms with Crippen molar-refractivity contribution in [1.29, 1.82) is 0 Å². The predicted octanol–water partition coefficient (Wildman–Crippen LogP) is 4.33. The van der Waals surface area contributed by atoms with Crippen molar-refractivity contribution in [3.8, 4) is 0 Å². The van der Waals surface area contributed by atoms with Gasteiger partial charge in [-0.25, -0.2) is 0 Å². The van der Waals surface area contributed by atoms with E-state index in [4.69, 9.17) is 0 Å². The molecule has 0 aromatic heterocycles. The van der Waals surface area contributed by atoms with Crippen molar-refractivity contribution in [1.82, 2.24) is 9.80 Å². The lowest BCUT2D eigenvalue weighted by Crippen LogP contribution is -2.39. The van der Waals surface area contributed by atoms with Crippen LogP contribution in [0.1, 0.15) is 17.5 Å². The summed E-state index contributed by atoms with van der Waals surface area (Å²) >= 11 is 0. The lowest BCUT2D eigenvalue weighted by Gasteiger charge is -2.29. The maximum Gasteiger partial charge on any atom is 0.401 e. The molecule has 0 amide bonds. The molecule has 1 aliphatic heterocycles. The second kappa shape index (κ2) is 8.02. The fourth-order valence-electron chi connectivity index (χ4n) is 3.46. The molecule has 1 atom stereocenters. The van der Waals surface area contributed by atoms with Gasteiger partial charge in [-0.05, 0) is 17.5 Å². The summed E-state index contributed by atoms with van der Waals surface area (Å²) in [7, 11) is 0. The summed E-state index contributed by atoms with van der Waals surface area (Å²) in [5.74, 6) is 0. The number of hydrogen-bond donors (Lipinski definition) is 0. The smallest absolute Gasteiger partial charge is 0.293 e. The highest BCUT2D eigenvalue weighted by Gasteiger charge is 2.35. The first-order valence-corrected chi connectivity index (χ1v) is 8.60. The molecule has 2 aromatic rings. The molecule has 1 saturated heterocycles. The standard InChI is InChI=1S/C20H23F3N2/c21-20(22,23)16-24-12-11-19(15-24)25(13-17-7-3-1-4-8-17)14-18-9-5-2-6-10-18/h1-10,19H,11-16H2/t19-/m1/s1. The van der Waals surface area contributed by atoms with Gasteiger partial charge in [0.05, 0.1) is 6.54 Å². The van der Waals surface area contributed by atoms with E-state index in [0.29, 0.717) is 13.1 Å². The second-order valence-electron chi connectivity index (χ2n) is 6.67. The molecule has 1 heterocycles. The van der Waals surface area contributed by atoms with Crippen molar-refractivity contribution >= 4 is 0 Å². The van der Waals surface area contributed by atoms with Crippen molar-refractivity contribution < 1.29 is 13.2 Å². The zero-order chi connectivity index (χ0) is 17.7. The van der Waals surface area contributed by atoms with E-state index in [1.807, 2.05) is 36.4 Å². The summed E-state index contributed by atoms with van der Waals surface area (Å²) in [4.78, 5) is 3.83. The maximum absolute atomic E-state index is 12.7. The SMILES string of the molecule is FC(F)(F)CN1CC[C@@H](N(Cc2ccccc2)Cc2ccccc2)C1. The molecule has 25 heavy (non-hydrogen) atoms. The van der Waals surface area contributed by atoms with Crippen LogP contribution in [-0.2, 0) is 13.1 Å². The van der Waals surface area contributed by atoms with Crippen LogP contribution in [0.2, 0.25) is 0 Å². The van der Waals surface area contributed by atoms with E-state index in [2.05, 4.69) is 29.2 Å². The zero-order valence-electron chi connectivity index (χ0n) is 14.1. The van der Waals surface area contributed by atoms with Crippen molar-refractivity contribution in [2.45, 2.75) is 31.7 Å². The molecule has 134 valence electrons. The van der Waals surface area contributed by atoms with E-state index in [0.717, 1.165) is 19.5 Å². The van der Waals surface area contributed by atoms with Crippen LogP contribution in [0.25, 0.3) is 0 Å². The van der Waals surface area contributed by atoms with E-state index >= 15 is 0 Å². The Bertz CT molecular complexity index is 601. The molecule has 5 heteroatoms. The molecule has 0 unspecified atom stereocenters. The maximum atomic E-state index is 12.7. The fourth-order valence-corrected chi connectivity index (χ4v) is 3.46. The number of alkyl halides is 3. The average molecular weight is 348 g/mol. The van der Waals surface area contributed by atoms with Gasteiger partial charge >= 0.3 is 6.18 Å². The molecule has 0 N–H and O–H groups in total. The first-order valence-electron chi connectivity index (χ1n) is 8.60. The van der Waals surface area contributed by atoms with Crippen LogP contribution in [-0.4, -0.2) is 41.7 Å². The molecule has 1 aliphatic rings. The average Bonchev–Trinajstić information content (AvgIpc) is 3.03. The largest absolute Gasteiger partial charge is 0.401 e. The fraction of sp³-hybridized carbons (Fsp3) is 0.400. The highest BCUT2D eigenvalue weighted by Crippen LogP contribution is 2.24. The molecule has 0 bridgehead atoms. The van der Waals surface area contributed by atoms with Crippen LogP contribution in [0.15, 0.2) is 60.7 Å². The molecule has 0 radical (unpaired) electrons. The van der Waals surface area contributed by atoms with E-state index in [9.17, 15) is 13.2 Å². The van der Waals surface area contributed by atoms with Gasteiger partial charge < -0.3 is 0 Å². The van der Waals surface area contributed by atoms with Gasteiger partial charge in [0, 0.05) is 32.2 Å². The minimum Gasteiger partial charge on any atom is -0.293 e. The number of likely N-dealkylation sites (tertiary alicyclic amines) is 1. The molecule has 0 aliphatic carbocycles. The first kappa shape index (κ1) is 18.0. The third kappa shape index (κ3) is 5.58. The van der Waals surface area contributed by atoms with E-state index in [1.165, 1.54) is 16.0 Å². The summed E-state index contributed by atoms with van der Waals surface area (Å²) < 4.78 is 38.0. The summed E-state index contributed by atoms with van der Waals surface area (Å²) in [5, 5.41) is 0. The summed E-state index contributed by atoms with van der Waals surface area (Å²) in [6, 6.07) is 20.4. The second-order valence-corrected chi connectivity index (χ2v) is 6.67. The van der Waals surface area contributed by atoms with Crippen LogP contribution < -0.4 is 0 Å². The zero-order valence-corrected chi connectivity index (χ0v) is 14.1. The molecule has 0 spiro atoms. The van der Waals surface area contributed by atoms with Crippen LogP contribution in [0, 0.1) is 0 Å². The molecule has 1 fully saturated rings. The van der Waals surface area contributed by atoms with Gasteiger partial charge in [0.2, 0.25) is 0 Å². The van der Waals surface area contributed by atoms with E-state index < -0.39 is 12.7 Å². The normalized spacial score (nSPS) is 18.8. The molecule has 3 rings (SSSR count). The predicted molar refractivity (Wildman–Crippen MR) is 93.0 cm³/mol. The molecule has 0 saturated carbocycles. The lowest BCUT2D eigenvalue weighted by molar-refractivity contribution is -0.143. The Labute approximate surface area is 146 Å². The first-order chi connectivity index (χ1) is 12.0. The van der Waals surface area contributed by atoms with Crippen LogP contribution >= 0.6 is 0 Å². The Morgan fingerprint density at radius 2 is 1.40 bits per heavy atom. The lowest BCUT2D eigenvalue weighted by atomic mass is 10.1. The van der Waals surface area contributed by atoms with Crippen molar-refractivity contribution in [2.24, 2.45) is 0 Å². The minimum absolute atomic E-state index is 0.141. The quantitative estimate of drug-likeness (QED) is 0.767. The third-order valence-corrected chi connectivity index (χ3v) is 4.62. The van der Waals surface area contributed by atoms with Gasteiger partial charge in [0.25, 0.3) is 0 Å². The monoisotopic (exact) mass is 348 g/mol. The van der Waals surface area contributed by atoms with Crippen LogP contribution in [0.5, 0.6) is 0 Å². The minimum atomic E-state index is -4.13. The van der Waals surface area contributed by atoms with Crippen LogP contribution in [0.3, 0.4) is 0 Å². The molecule has 2 nitrogen and oxygen atoms in total. The Hall–Kier alpha value is -1.85. The summed E-state index contributed by atoms with van der Waals surface area (Å²) in [6.45, 7) is 1.66. The van der Waals surface area contributed by atoms with Gasteiger partial charge in [-0.2, -0.15) is 13.2 Å². The Kier molecular flexibility index (Phi) is 5.76. The summed E-state index contributed by atoms with van der Waals surface area (Å²) in [6.07, 6.45) is -3.35. The van der Waals surface area contributed by atoms with Gasteiger partial charge in [-0.1, -0.05) is 60.7 Å². The van der Waals surface area contributed by atoms with Crippen molar-refractivity contribution in [3.05, 3.63) is 71.8 Å². The van der Waals surface area contributed by atoms with Gasteiger partial charge in [-0.15, -0.1) is 0 Å². The number of nitrogens with zero attached hydrogens (tertiary/aromatic N) is 2. The Morgan fingerprint density at radius 1 is 0.880 bits per heavy atom. The van der Waals surface area contributed by atoms with Crippen molar-refractivity contribution in [3.63, 3.8) is 0 Å². The highest BCUT2D eigenvalue weighted by molar-refractivity contribution is 5.17. The summed E-state index contributed by atoms with van der Waals surface area (Å²) in [5.41, 5.74) is 2.38. The Balaban J connectivity index is 1.70. The number of hydrogen-bond acceptors (Lipinski definition) is 2. The number of halogens is 3. The third-order valence-electron chi connectivity index (χ3n) is 4.62. The van der Waals surface area contributed by atoms with E-state index in [-0.39, 0.29) is 6.04 Å². The number of benzene rings is 2. The van der Waals surface area contributed by atoms with Crippen LogP contribution in [0.4, 0.5) is 13.2 Å². The van der Waals surface area contributed by atoms with Crippen molar-refractivity contribution in [2.75, 3.05) is 19.6 Å². The molecule has 2 aromatic carbocycles. The molecular weight excluding hydrogens is 325 g/mol. The van der Waals surface area contributed by atoms with Gasteiger partial charge in [0.1, 0.15) is 0 Å². The number of rotatable bonds is 6. The highest BCUT2D eigenvalue weighted by atomic mass is 19.4. The Morgan fingerprint density at radius 3 is 1.88 bits per heavy atom.